The van der Waals surface area contributed by atoms with E-state index in [0.29, 0.717) is 5.56 Å². The van der Waals surface area contributed by atoms with Gasteiger partial charge in [0, 0.05) is 19.3 Å². The van der Waals surface area contributed by atoms with Crippen molar-refractivity contribution >= 4 is 34.9 Å². The monoisotopic (exact) mass is 371 g/mol. The number of benzene rings is 1. The summed E-state index contributed by atoms with van der Waals surface area (Å²) in [5.74, 6) is -1.19. The molecular formula is C18H14FN3O3S. The molecule has 3 rings (SSSR count). The number of imide groups is 1. The Morgan fingerprint density at radius 3 is 2.65 bits per heavy atom. The van der Waals surface area contributed by atoms with Gasteiger partial charge < -0.3 is 5.32 Å². The van der Waals surface area contributed by atoms with E-state index in [0.717, 1.165) is 16.7 Å². The summed E-state index contributed by atoms with van der Waals surface area (Å²) in [5.41, 5.74) is 0.887. The van der Waals surface area contributed by atoms with Crippen molar-refractivity contribution in [3.63, 3.8) is 0 Å². The molecule has 1 aliphatic heterocycles. The Kier molecular flexibility index (Phi) is 5.43. The van der Waals surface area contributed by atoms with Crippen molar-refractivity contribution in [2.24, 2.45) is 0 Å². The van der Waals surface area contributed by atoms with Gasteiger partial charge in [-0.1, -0.05) is 18.2 Å². The average Bonchev–Trinajstić information content (AvgIpc) is 2.91. The number of carbonyl (C=O) groups is 3. The summed E-state index contributed by atoms with van der Waals surface area (Å²) in [5, 5.41) is 2.21. The van der Waals surface area contributed by atoms with Crippen LogP contribution >= 0.6 is 11.8 Å². The molecule has 1 N–H and O–H groups in total. The molecule has 1 saturated heterocycles. The van der Waals surface area contributed by atoms with Gasteiger partial charge in [-0.25, -0.2) is 4.39 Å². The van der Waals surface area contributed by atoms with Crippen LogP contribution in [0.5, 0.6) is 0 Å². The van der Waals surface area contributed by atoms with Crippen LogP contribution in [-0.2, 0) is 4.79 Å². The van der Waals surface area contributed by atoms with E-state index in [1.165, 1.54) is 36.5 Å². The Hall–Kier alpha value is -3.00. The molecular weight excluding hydrogens is 357 g/mol. The number of amides is 3. The lowest BCUT2D eigenvalue weighted by Crippen LogP contribution is -2.37. The second-order valence-corrected chi connectivity index (χ2v) is 6.35. The molecule has 0 atom stereocenters. The maximum absolute atomic E-state index is 12.9. The lowest BCUT2D eigenvalue weighted by atomic mass is 10.2. The highest BCUT2D eigenvalue weighted by atomic mass is 32.2. The maximum atomic E-state index is 12.9. The highest BCUT2D eigenvalue weighted by Crippen LogP contribution is 2.31. The minimum absolute atomic E-state index is 0.0595. The van der Waals surface area contributed by atoms with Gasteiger partial charge in [-0.05, 0) is 47.7 Å². The van der Waals surface area contributed by atoms with Crippen LogP contribution in [0.2, 0.25) is 0 Å². The molecule has 0 aliphatic carbocycles. The molecule has 6 nitrogen and oxygen atoms in total. The Balaban J connectivity index is 1.59. The van der Waals surface area contributed by atoms with Gasteiger partial charge in [0.1, 0.15) is 11.5 Å². The van der Waals surface area contributed by atoms with E-state index in [-0.39, 0.29) is 35.4 Å². The molecule has 8 heteroatoms. The summed E-state index contributed by atoms with van der Waals surface area (Å²) in [7, 11) is 0. The number of thioether (sulfide) groups is 1. The van der Waals surface area contributed by atoms with Gasteiger partial charge in [0.05, 0.1) is 4.91 Å². The first-order valence-corrected chi connectivity index (χ1v) is 8.56. The molecule has 0 spiro atoms. The first kappa shape index (κ1) is 17.8. The smallest absolute Gasteiger partial charge is 0.293 e. The third-order valence-electron chi connectivity index (χ3n) is 3.56. The molecule has 1 fully saturated rings. The molecule has 3 amide bonds. The normalized spacial score (nSPS) is 15.6. The summed E-state index contributed by atoms with van der Waals surface area (Å²) in [4.78, 5) is 41.5. The van der Waals surface area contributed by atoms with Crippen LogP contribution in [0.15, 0.2) is 53.6 Å². The molecule has 132 valence electrons. The minimum atomic E-state index is -0.434. The van der Waals surface area contributed by atoms with Crippen LogP contribution in [0, 0.1) is 5.82 Å². The Bertz CT molecular complexity index is 869. The van der Waals surface area contributed by atoms with Crippen LogP contribution in [0.3, 0.4) is 0 Å². The number of hydrogen-bond donors (Lipinski definition) is 1. The number of pyridine rings is 1. The summed E-state index contributed by atoms with van der Waals surface area (Å²) >= 11 is 0.816. The Morgan fingerprint density at radius 2 is 1.96 bits per heavy atom. The third-order valence-corrected chi connectivity index (χ3v) is 4.47. The first-order valence-electron chi connectivity index (χ1n) is 7.75. The first-order chi connectivity index (χ1) is 12.5. The van der Waals surface area contributed by atoms with Gasteiger partial charge >= 0.3 is 0 Å². The quantitative estimate of drug-likeness (QED) is 0.818. The van der Waals surface area contributed by atoms with E-state index in [4.69, 9.17) is 0 Å². The fourth-order valence-corrected chi connectivity index (χ4v) is 3.14. The summed E-state index contributed by atoms with van der Waals surface area (Å²) in [6.45, 7) is 0.182. The standard InChI is InChI=1S/C18H14FN3O3S/c19-13-6-4-12(5-7-13)11-15-17(24)22(18(25)26-15)10-9-21-16(23)14-3-1-2-8-20-14/h1-8,11H,9-10H2,(H,21,23). The van der Waals surface area contributed by atoms with Gasteiger partial charge in [-0.15, -0.1) is 0 Å². The highest BCUT2D eigenvalue weighted by molar-refractivity contribution is 8.18. The number of carbonyl (C=O) groups excluding carboxylic acids is 3. The summed E-state index contributed by atoms with van der Waals surface area (Å²) in [6.07, 6.45) is 3.04. The molecule has 0 saturated carbocycles. The molecule has 2 aromatic rings. The van der Waals surface area contributed by atoms with Crippen LogP contribution in [0.1, 0.15) is 16.1 Å². The van der Waals surface area contributed by atoms with E-state index in [1.54, 1.807) is 18.2 Å². The molecule has 0 radical (unpaired) electrons. The van der Waals surface area contributed by atoms with Crippen molar-refractivity contribution in [3.05, 3.63) is 70.6 Å². The number of halogens is 1. The van der Waals surface area contributed by atoms with Crippen LogP contribution < -0.4 is 5.32 Å². The van der Waals surface area contributed by atoms with E-state index in [9.17, 15) is 18.8 Å². The van der Waals surface area contributed by atoms with Crippen molar-refractivity contribution in [1.29, 1.82) is 0 Å². The van der Waals surface area contributed by atoms with Crippen LogP contribution in [-0.4, -0.2) is 40.0 Å². The van der Waals surface area contributed by atoms with Gasteiger partial charge in [0.25, 0.3) is 17.1 Å². The second kappa shape index (κ2) is 7.92. The van der Waals surface area contributed by atoms with Crippen molar-refractivity contribution in [2.75, 3.05) is 13.1 Å². The van der Waals surface area contributed by atoms with Crippen molar-refractivity contribution in [1.82, 2.24) is 15.2 Å². The van der Waals surface area contributed by atoms with E-state index in [2.05, 4.69) is 10.3 Å². The molecule has 2 heterocycles. The maximum Gasteiger partial charge on any atom is 0.293 e. The summed E-state index contributed by atoms with van der Waals surface area (Å²) in [6, 6.07) is 10.6. The second-order valence-electron chi connectivity index (χ2n) is 5.36. The fraction of sp³-hybridized carbons (Fsp3) is 0.111. The zero-order valence-electron chi connectivity index (χ0n) is 13.5. The minimum Gasteiger partial charge on any atom is -0.349 e. The largest absolute Gasteiger partial charge is 0.349 e. The van der Waals surface area contributed by atoms with E-state index in [1.807, 2.05) is 0 Å². The summed E-state index contributed by atoms with van der Waals surface area (Å²) < 4.78 is 12.9. The number of rotatable bonds is 5. The van der Waals surface area contributed by atoms with Gasteiger partial charge in [-0.2, -0.15) is 0 Å². The number of nitrogens with one attached hydrogen (secondary N) is 1. The number of nitrogens with zero attached hydrogens (tertiary/aromatic N) is 2. The topological polar surface area (TPSA) is 79.4 Å². The highest BCUT2D eigenvalue weighted by Gasteiger charge is 2.34. The molecule has 0 unspecified atom stereocenters. The number of hydrogen-bond acceptors (Lipinski definition) is 5. The Labute approximate surface area is 153 Å². The third kappa shape index (κ3) is 4.15. The predicted molar refractivity (Wildman–Crippen MR) is 95.6 cm³/mol. The Morgan fingerprint density at radius 1 is 1.19 bits per heavy atom. The zero-order valence-corrected chi connectivity index (χ0v) is 14.3. The van der Waals surface area contributed by atoms with Crippen LogP contribution in [0.25, 0.3) is 6.08 Å². The van der Waals surface area contributed by atoms with Crippen molar-refractivity contribution in [3.8, 4) is 0 Å². The van der Waals surface area contributed by atoms with Gasteiger partial charge in [0.15, 0.2) is 0 Å². The molecule has 1 aromatic heterocycles. The van der Waals surface area contributed by atoms with Gasteiger partial charge in [-0.3, -0.25) is 24.3 Å². The van der Waals surface area contributed by atoms with Crippen molar-refractivity contribution in [2.45, 2.75) is 0 Å². The van der Waals surface area contributed by atoms with E-state index >= 15 is 0 Å². The molecule has 0 bridgehead atoms. The predicted octanol–water partition coefficient (Wildman–Crippen LogP) is 2.69. The van der Waals surface area contributed by atoms with Crippen molar-refractivity contribution < 1.29 is 18.8 Å². The number of aromatic nitrogens is 1. The SMILES string of the molecule is O=C(NCCN1C(=O)SC(=Cc2ccc(F)cc2)C1=O)c1ccccn1. The lowest BCUT2D eigenvalue weighted by Gasteiger charge is -2.12. The lowest BCUT2D eigenvalue weighted by molar-refractivity contribution is -0.122. The molecule has 26 heavy (non-hydrogen) atoms. The molecule has 1 aliphatic rings. The van der Waals surface area contributed by atoms with Crippen LogP contribution in [0.4, 0.5) is 9.18 Å². The fourth-order valence-electron chi connectivity index (χ4n) is 2.27. The van der Waals surface area contributed by atoms with E-state index < -0.39 is 11.1 Å². The van der Waals surface area contributed by atoms with Gasteiger partial charge in [0.2, 0.25) is 0 Å². The zero-order chi connectivity index (χ0) is 18.5. The average molecular weight is 371 g/mol. The molecule has 1 aromatic carbocycles.